The molecule has 5 nitrogen and oxygen atoms in total. The monoisotopic (exact) mass is 397 g/mol. The van der Waals surface area contributed by atoms with Crippen molar-refractivity contribution in [2.45, 2.75) is 37.8 Å². The van der Waals surface area contributed by atoms with Crippen LogP contribution in [-0.4, -0.2) is 52.9 Å². The van der Waals surface area contributed by atoms with E-state index in [1.54, 1.807) is 0 Å². The molecule has 1 aromatic carbocycles. The van der Waals surface area contributed by atoms with Crippen molar-refractivity contribution in [1.29, 1.82) is 0 Å². The van der Waals surface area contributed by atoms with E-state index in [4.69, 9.17) is 5.73 Å². The van der Waals surface area contributed by atoms with Gasteiger partial charge < -0.3 is 15.5 Å². The molecule has 2 aliphatic rings. The van der Waals surface area contributed by atoms with Gasteiger partial charge in [-0.15, -0.1) is 24.8 Å². The summed E-state index contributed by atoms with van der Waals surface area (Å²) in [5.41, 5.74) is 8.47. The molecule has 3 heterocycles. The first kappa shape index (κ1) is 21.0. The Hall–Kier alpha value is -1.27. The minimum Gasteiger partial charge on any atom is -0.371 e. The van der Waals surface area contributed by atoms with E-state index in [2.05, 4.69) is 39.2 Å². The fourth-order valence-electron chi connectivity index (χ4n) is 4.01. The van der Waals surface area contributed by atoms with Gasteiger partial charge in [-0.3, -0.25) is 0 Å². The van der Waals surface area contributed by atoms with Gasteiger partial charge in [0.2, 0.25) is 0 Å². The van der Waals surface area contributed by atoms with Gasteiger partial charge in [-0.05, 0) is 69.1 Å². The molecule has 2 aromatic rings. The van der Waals surface area contributed by atoms with Crippen LogP contribution in [0.5, 0.6) is 0 Å². The lowest BCUT2D eigenvalue weighted by molar-refractivity contribution is 0.132. The molecule has 0 radical (unpaired) electrons. The number of rotatable bonds is 3. The molecule has 2 fully saturated rings. The number of piperidine rings is 2. The minimum atomic E-state index is 0. The van der Waals surface area contributed by atoms with Gasteiger partial charge in [-0.1, -0.05) is 0 Å². The van der Waals surface area contributed by atoms with E-state index in [0.717, 1.165) is 37.7 Å². The predicted molar refractivity (Wildman–Crippen MR) is 112 cm³/mol. The first-order valence-electron chi connectivity index (χ1n) is 9.14. The molecule has 4 rings (SSSR count). The highest BCUT2D eigenvalue weighted by Crippen LogP contribution is 2.25. The van der Waals surface area contributed by atoms with E-state index in [1.807, 2.05) is 23.1 Å². The summed E-state index contributed by atoms with van der Waals surface area (Å²) in [5, 5.41) is 4.28. The van der Waals surface area contributed by atoms with E-state index in [0.29, 0.717) is 6.04 Å². The van der Waals surface area contributed by atoms with Crippen LogP contribution in [-0.2, 0) is 0 Å². The van der Waals surface area contributed by atoms with Crippen LogP contribution in [0.25, 0.3) is 5.69 Å². The summed E-state index contributed by atoms with van der Waals surface area (Å²) in [6, 6.07) is 11.9. The molecule has 0 atom stereocenters. The lowest BCUT2D eigenvalue weighted by Gasteiger charge is -2.42. The van der Waals surface area contributed by atoms with Crippen LogP contribution in [0.2, 0.25) is 0 Å². The van der Waals surface area contributed by atoms with Crippen LogP contribution in [0.4, 0.5) is 5.69 Å². The van der Waals surface area contributed by atoms with Gasteiger partial charge in [0.05, 0.1) is 5.69 Å². The van der Waals surface area contributed by atoms with Crippen molar-refractivity contribution in [3.05, 3.63) is 42.7 Å². The number of hydrogen-bond donors (Lipinski definition) is 1. The van der Waals surface area contributed by atoms with Crippen LogP contribution < -0.4 is 10.6 Å². The van der Waals surface area contributed by atoms with Crippen LogP contribution in [0.3, 0.4) is 0 Å². The second kappa shape index (κ2) is 9.60. The molecule has 2 saturated heterocycles. The van der Waals surface area contributed by atoms with Crippen molar-refractivity contribution in [2.75, 3.05) is 31.1 Å². The molecular formula is C19H29Cl2N5. The lowest BCUT2D eigenvalue weighted by atomic mass is 9.98. The third-order valence-corrected chi connectivity index (χ3v) is 5.54. The number of anilines is 1. The molecule has 7 heteroatoms. The molecule has 1 aromatic heterocycles. The predicted octanol–water partition coefficient (Wildman–Crippen LogP) is 3.11. The molecule has 144 valence electrons. The average Bonchev–Trinajstić information content (AvgIpc) is 3.17. The summed E-state index contributed by atoms with van der Waals surface area (Å²) >= 11 is 0. The maximum atomic E-state index is 6.03. The van der Waals surface area contributed by atoms with Crippen molar-refractivity contribution in [3.8, 4) is 5.69 Å². The second-order valence-corrected chi connectivity index (χ2v) is 7.06. The zero-order chi connectivity index (χ0) is 16.4. The van der Waals surface area contributed by atoms with E-state index in [-0.39, 0.29) is 24.8 Å². The van der Waals surface area contributed by atoms with Gasteiger partial charge >= 0.3 is 0 Å². The van der Waals surface area contributed by atoms with Gasteiger partial charge in [0.25, 0.3) is 0 Å². The Balaban J connectivity index is 0.00000121. The standard InChI is InChI=1S/C19H27N5.2ClH/c20-16-6-12-22(13-7-16)18-8-14-23(15-9-18)17-2-4-19(5-3-17)24-11-1-10-21-24;;/h1-5,10-11,16,18H,6-9,12-15,20H2;2*1H. The molecule has 0 saturated carbocycles. The fourth-order valence-corrected chi connectivity index (χ4v) is 4.01. The minimum absolute atomic E-state index is 0. The molecule has 0 spiro atoms. The van der Waals surface area contributed by atoms with Crippen molar-refractivity contribution < 1.29 is 0 Å². The topological polar surface area (TPSA) is 50.3 Å². The van der Waals surface area contributed by atoms with E-state index in [9.17, 15) is 0 Å². The third kappa shape index (κ3) is 4.71. The van der Waals surface area contributed by atoms with Crippen LogP contribution >= 0.6 is 24.8 Å². The summed E-state index contributed by atoms with van der Waals surface area (Å²) in [5.74, 6) is 0. The van der Waals surface area contributed by atoms with Crippen molar-refractivity contribution in [3.63, 3.8) is 0 Å². The maximum absolute atomic E-state index is 6.03. The van der Waals surface area contributed by atoms with Crippen molar-refractivity contribution in [2.24, 2.45) is 5.73 Å². The summed E-state index contributed by atoms with van der Waals surface area (Å²) in [6.07, 6.45) is 8.63. The normalized spacial score (nSPS) is 19.7. The number of halogens is 2. The highest BCUT2D eigenvalue weighted by Gasteiger charge is 2.27. The second-order valence-electron chi connectivity index (χ2n) is 7.06. The molecule has 26 heavy (non-hydrogen) atoms. The summed E-state index contributed by atoms with van der Waals surface area (Å²) in [6.45, 7) is 4.66. The number of likely N-dealkylation sites (tertiary alicyclic amines) is 1. The molecule has 0 bridgehead atoms. The zero-order valence-electron chi connectivity index (χ0n) is 15.0. The highest BCUT2D eigenvalue weighted by atomic mass is 35.5. The van der Waals surface area contributed by atoms with Gasteiger partial charge in [-0.2, -0.15) is 5.10 Å². The maximum Gasteiger partial charge on any atom is 0.0647 e. The van der Waals surface area contributed by atoms with Gasteiger partial charge in [-0.25, -0.2) is 4.68 Å². The Kier molecular flexibility index (Phi) is 7.77. The van der Waals surface area contributed by atoms with E-state index in [1.165, 1.54) is 31.6 Å². The summed E-state index contributed by atoms with van der Waals surface area (Å²) in [7, 11) is 0. The number of hydrogen-bond acceptors (Lipinski definition) is 4. The largest absolute Gasteiger partial charge is 0.371 e. The summed E-state index contributed by atoms with van der Waals surface area (Å²) in [4.78, 5) is 5.18. The zero-order valence-corrected chi connectivity index (χ0v) is 16.7. The highest BCUT2D eigenvalue weighted by molar-refractivity contribution is 5.85. The number of benzene rings is 1. The lowest BCUT2D eigenvalue weighted by Crippen LogP contribution is -2.49. The first-order valence-corrected chi connectivity index (χ1v) is 9.14. The number of aromatic nitrogens is 2. The molecule has 2 aliphatic heterocycles. The third-order valence-electron chi connectivity index (χ3n) is 5.54. The first-order chi connectivity index (χ1) is 11.8. The van der Waals surface area contributed by atoms with Gasteiger partial charge in [0.1, 0.15) is 0 Å². The van der Waals surface area contributed by atoms with Crippen molar-refractivity contribution >= 4 is 30.5 Å². The quantitative estimate of drug-likeness (QED) is 0.863. The molecule has 0 unspecified atom stereocenters. The Bertz CT molecular complexity index is 630. The molecule has 0 amide bonds. The van der Waals surface area contributed by atoms with Crippen LogP contribution in [0, 0.1) is 0 Å². The van der Waals surface area contributed by atoms with E-state index >= 15 is 0 Å². The smallest absolute Gasteiger partial charge is 0.0647 e. The molecule has 2 N–H and O–H groups in total. The average molecular weight is 398 g/mol. The van der Waals surface area contributed by atoms with Crippen LogP contribution in [0.1, 0.15) is 25.7 Å². The van der Waals surface area contributed by atoms with Crippen LogP contribution in [0.15, 0.2) is 42.7 Å². The Labute approximate surface area is 168 Å². The Morgan fingerprint density at radius 3 is 2.04 bits per heavy atom. The van der Waals surface area contributed by atoms with Crippen molar-refractivity contribution in [1.82, 2.24) is 14.7 Å². The van der Waals surface area contributed by atoms with E-state index < -0.39 is 0 Å². The SMILES string of the molecule is Cl.Cl.NC1CCN(C2CCN(c3ccc(-n4cccn4)cc3)CC2)CC1. The number of nitrogens with two attached hydrogens (primary N) is 1. The Morgan fingerprint density at radius 1 is 0.846 bits per heavy atom. The Morgan fingerprint density at radius 2 is 1.46 bits per heavy atom. The summed E-state index contributed by atoms with van der Waals surface area (Å²) < 4.78 is 1.90. The molecule has 0 aliphatic carbocycles. The van der Waals surface area contributed by atoms with Gasteiger partial charge in [0, 0.05) is 43.3 Å². The fraction of sp³-hybridized carbons (Fsp3) is 0.526. The number of nitrogens with zero attached hydrogens (tertiary/aromatic N) is 4. The molecular weight excluding hydrogens is 369 g/mol. The van der Waals surface area contributed by atoms with Gasteiger partial charge in [0.15, 0.2) is 0 Å².